The van der Waals surface area contributed by atoms with Crippen LogP contribution < -0.4 is 22.3 Å². The molecule has 16 heteroatoms. The maximum absolute atomic E-state index is 14.4. The Morgan fingerprint density at radius 2 is 1.91 bits per heavy atom. The van der Waals surface area contributed by atoms with Crippen molar-refractivity contribution in [3.05, 3.63) is 71.8 Å². The molecule has 1 fully saturated rings. The first-order chi connectivity index (χ1) is 20.2. The molecule has 234 valence electrons. The van der Waals surface area contributed by atoms with Gasteiger partial charge < -0.3 is 16.0 Å². The van der Waals surface area contributed by atoms with Crippen LogP contribution in [0.1, 0.15) is 36.5 Å². The zero-order chi connectivity index (χ0) is 31.7. The Kier molecular flexibility index (Phi) is 9.96. The highest BCUT2D eigenvalue weighted by Crippen LogP contribution is 2.39. The highest BCUT2D eigenvalue weighted by Gasteiger charge is 2.37. The molecule has 2 heterocycles. The standard InChI is InChI=1S/C27H30Cl2F3N5O5S/c1-2-43(41,42)21-6-5-17(28)10-16(21)13-37-25(39)18-11-20(27(30,31)32)19(22(29)23(18)35-26(37)40)14-36-9-3-4-15(12-36)24(38)34-8-7-33/h5-6,10-11,15H,2-4,7-9,12-14,33H2,1H3,(H,34,38)(H,35,40). The Balaban J connectivity index is 1.80. The number of aromatic nitrogens is 2. The summed E-state index contributed by atoms with van der Waals surface area (Å²) in [5.74, 6) is -0.960. The predicted octanol–water partition coefficient (Wildman–Crippen LogP) is 3.14. The number of carbonyl (C=O) groups excluding carboxylic acids is 1. The van der Waals surface area contributed by atoms with Gasteiger partial charge in [-0.3, -0.25) is 19.1 Å². The van der Waals surface area contributed by atoms with Crippen molar-refractivity contribution in [2.75, 3.05) is 31.9 Å². The molecule has 1 aromatic heterocycles. The number of benzene rings is 2. The Morgan fingerprint density at radius 3 is 2.56 bits per heavy atom. The van der Waals surface area contributed by atoms with Crippen LogP contribution in [0.3, 0.4) is 0 Å². The zero-order valence-electron chi connectivity index (χ0n) is 23.1. The number of nitrogens with zero attached hydrogens (tertiary/aromatic N) is 2. The Bertz CT molecular complexity index is 1780. The second-order valence-electron chi connectivity index (χ2n) is 10.3. The maximum atomic E-state index is 14.4. The minimum Gasteiger partial charge on any atom is -0.355 e. The largest absolute Gasteiger partial charge is 0.416 e. The van der Waals surface area contributed by atoms with E-state index in [0.29, 0.717) is 30.0 Å². The van der Waals surface area contributed by atoms with Gasteiger partial charge in [0.2, 0.25) is 5.91 Å². The highest BCUT2D eigenvalue weighted by molar-refractivity contribution is 7.91. The Labute approximate surface area is 254 Å². The number of hydrogen-bond acceptors (Lipinski definition) is 7. The van der Waals surface area contributed by atoms with E-state index >= 15 is 0 Å². The molecule has 43 heavy (non-hydrogen) atoms. The van der Waals surface area contributed by atoms with Crippen molar-refractivity contribution in [1.82, 2.24) is 19.8 Å². The molecule has 0 bridgehead atoms. The van der Waals surface area contributed by atoms with E-state index in [1.165, 1.54) is 25.1 Å². The molecular formula is C27H30Cl2F3N5O5S. The van der Waals surface area contributed by atoms with E-state index in [1.807, 2.05) is 0 Å². The normalized spacial score (nSPS) is 16.5. The number of sulfone groups is 1. The molecular weight excluding hydrogens is 634 g/mol. The van der Waals surface area contributed by atoms with E-state index in [1.54, 1.807) is 4.90 Å². The lowest BCUT2D eigenvalue weighted by atomic mass is 9.95. The van der Waals surface area contributed by atoms with Crippen LogP contribution in [-0.2, 0) is 33.9 Å². The van der Waals surface area contributed by atoms with Crippen LogP contribution in [0.5, 0.6) is 0 Å². The fraction of sp³-hybridized carbons (Fsp3) is 0.444. The SMILES string of the molecule is CCS(=O)(=O)c1ccc(Cl)cc1Cn1c(=O)[nH]c2c(Cl)c(CN3CCCC(C(=O)NCCN)C3)c(C(F)(F)F)cc2c1=O. The van der Waals surface area contributed by atoms with Gasteiger partial charge in [0, 0.05) is 31.2 Å². The molecule has 1 aliphatic heterocycles. The van der Waals surface area contributed by atoms with Crippen LogP contribution in [0.15, 0.2) is 38.8 Å². The van der Waals surface area contributed by atoms with Crippen molar-refractivity contribution >= 4 is 49.8 Å². The van der Waals surface area contributed by atoms with Crippen molar-refractivity contribution in [3.63, 3.8) is 0 Å². The summed E-state index contributed by atoms with van der Waals surface area (Å²) >= 11 is 12.5. The van der Waals surface area contributed by atoms with Crippen LogP contribution in [0.25, 0.3) is 10.9 Å². The van der Waals surface area contributed by atoms with Crippen LogP contribution in [-0.4, -0.2) is 60.7 Å². The smallest absolute Gasteiger partial charge is 0.355 e. The average Bonchev–Trinajstić information content (AvgIpc) is 2.95. The second-order valence-corrected chi connectivity index (χ2v) is 13.3. The van der Waals surface area contributed by atoms with E-state index in [4.69, 9.17) is 28.9 Å². The summed E-state index contributed by atoms with van der Waals surface area (Å²) in [6.07, 6.45) is -3.79. The van der Waals surface area contributed by atoms with Crippen molar-refractivity contribution in [2.24, 2.45) is 11.7 Å². The molecule has 1 unspecified atom stereocenters. The molecule has 4 rings (SSSR count). The van der Waals surface area contributed by atoms with Gasteiger partial charge in [-0.2, -0.15) is 13.2 Å². The van der Waals surface area contributed by atoms with E-state index in [9.17, 15) is 36.0 Å². The number of rotatable bonds is 9. The van der Waals surface area contributed by atoms with Gasteiger partial charge in [-0.15, -0.1) is 0 Å². The third kappa shape index (κ3) is 7.09. The Hall–Kier alpha value is -2.91. The quantitative estimate of drug-likeness (QED) is 0.319. The van der Waals surface area contributed by atoms with E-state index in [2.05, 4.69) is 10.3 Å². The summed E-state index contributed by atoms with van der Waals surface area (Å²) in [7, 11) is -3.79. The van der Waals surface area contributed by atoms with Gasteiger partial charge in [-0.05, 0) is 54.8 Å². The fourth-order valence-corrected chi connectivity index (χ4v) is 6.84. The summed E-state index contributed by atoms with van der Waals surface area (Å²) < 4.78 is 68.9. The van der Waals surface area contributed by atoms with Crippen molar-refractivity contribution < 1.29 is 26.4 Å². The second kappa shape index (κ2) is 13.0. The van der Waals surface area contributed by atoms with Crippen molar-refractivity contribution in [1.29, 1.82) is 0 Å². The lowest BCUT2D eigenvalue weighted by Gasteiger charge is -2.33. The lowest BCUT2D eigenvalue weighted by Crippen LogP contribution is -2.44. The van der Waals surface area contributed by atoms with Crippen molar-refractivity contribution in [3.8, 4) is 0 Å². The van der Waals surface area contributed by atoms with Gasteiger partial charge in [0.1, 0.15) is 0 Å². The molecule has 4 N–H and O–H groups in total. The van der Waals surface area contributed by atoms with Gasteiger partial charge in [-0.25, -0.2) is 13.2 Å². The molecule has 1 atom stereocenters. The van der Waals surface area contributed by atoms with Gasteiger partial charge in [0.15, 0.2) is 9.84 Å². The molecule has 1 amide bonds. The summed E-state index contributed by atoms with van der Waals surface area (Å²) in [5.41, 5.74) is 1.58. The number of nitrogens with two attached hydrogens (primary N) is 1. The third-order valence-electron chi connectivity index (χ3n) is 7.39. The molecule has 0 aliphatic carbocycles. The number of carbonyl (C=O) groups is 1. The van der Waals surface area contributed by atoms with E-state index < -0.39 is 55.7 Å². The third-order valence-corrected chi connectivity index (χ3v) is 9.87. The number of likely N-dealkylation sites (tertiary alicyclic amines) is 1. The highest BCUT2D eigenvalue weighted by atomic mass is 35.5. The Morgan fingerprint density at radius 1 is 1.19 bits per heavy atom. The molecule has 10 nitrogen and oxygen atoms in total. The molecule has 2 aromatic carbocycles. The summed E-state index contributed by atoms with van der Waals surface area (Å²) in [6.45, 7) is 1.69. The summed E-state index contributed by atoms with van der Waals surface area (Å²) in [5, 5.41) is 1.89. The van der Waals surface area contributed by atoms with E-state index in [-0.39, 0.29) is 64.4 Å². The number of H-pyrrole nitrogens is 1. The molecule has 1 saturated heterocycles. The van der Waals surface area contributed by atoms with Crippen LogP contribution in [0.2, 0.25) is 10.0 Å². The number of alkyl halides is 3. The molecule has 1 aliphatic rings. The lowest BCUT2D eigenvalue weighted by molar-refractivity contribution is -0.138. The summed E-state index contributed by atoms with van der Waals surface area (Å²) in [6, 6.07) is 4.51. The number of amides is 1. The first kappa shape index (κ1) is 33.0. The van der Waals surface area contributed by atoms with Crippen LogP contribution >= 0.6 is 23.2 Å². The van der Waals surface area contributed by atoms with Crippen LogP contribution in [0.4, 0.5) is 13.2 Å². The van der Waals surface area contributed by atoms with Crippen molar-refractivity contribution in [2.45, 2.75) is 43.9 Å². The first-order valence-corrected chi connectivity index (χ1v) is 15.9. The van der Waals surface area contributed by atoms with Gasteiger partial charge in [0.25, 0.3) is 5.56 Å². The van der Waals surface area contributed by atoms with Gasteiger partial charge in [0.05, 0.1) is 44.6 Å². The monoisotopic (exact) mass is 663 g/mol. The number of halogens is 5. The molecule has 0 saturated carbocycles. The minimum absolute atomic E-state index is 0.0233. The number of fused-ring (bicyclic) bond motifs is 1. The predicted molar refractivity (Wildman–Crippen MR) is 157 cm³/mol. The maximum Gasteiger partial charge on any atom is 0.416 e. The zero-order valence-corrected chi connectivity index (χ0v) is 25.4. The topological polar surface area (TPSA) is 147 Å². The fourth-order valence-electron chi connectivity index (χ4n) is 5.22. The minimum atomic E-state index is -4.91. The van der Waals surface area contributed by atoms with E-state index in [0.717, 1.165) is 0 Å². The molecule has 3 aromatic rings. The number of nitrogens with one attached hydrogen (secondary N) is 2. The average molecular weight is 665 g/mol. The number of aromatic amines is 1. The first-order valence-electron chi connectivity index (χ1n) is 13.4. The van der Waals surface area contributed by atoms with Crippen LogP contribution in [0, 0.1) is 5.92 Å². The van der Waals surface area contributed by atoms with Gasteiger partial charge >= 0.3 is 11.9 Å². The number of hydrogen-bond donors (Lipinski definition) is 3. The summed E-state index contributed by atoms with van der Waals surface area (Å²) in [4.78, 5) is 43.0. The molecule has 0 radical (unpaired) electrons. The molecule has 0 spiro atoms. The van der Waals surface area contributed by atoms with Gasteiger partial charge in [-0.1, -0.05) is 30.1 Å². The number of piperidine rings is 1.